The van der Waals surface area contributed by atoms with Crippen LogP contribution in [0.5, 0.6) is 5.75 Å². The van der Waals surface area contributed by atoms with E-state index in [9.17, 15) is 10.1 Å². The summed E-state index contributed by atoms with van der Waals surface area (Å²) in [5.41, 5.74) is 1.82. The fourth-order valence-electron chi connectivity index (χ4n) is 2.21. The summed E-state index contributed by atoms with van der Waals surface area (Å²) in [6.07, 6.45) is 1.70. The van der Waals surface area contributed by atoms with Gasteiger partial charge in [-0.05, 0) is 42.7 Å². The zero-order valence-electron chi connectivity index (χ0n) is 12.8. The van der Waals surface area contributed by atoms with Crippen LogP contribution < -0.4 is 10.1 Å². The molecule has 6 nitrogen and oxygen atoms in total. The van der Waals surface area contributed by atoms with Gasteiger partial charge in [-0.1, -0.05) is 12.1 Å². The van der Waals surface area contributed by atoms with Crippen LogP contribution in [0.4, 0.5) is 11.4 Å². The molecule has 2 aromatic carbocycles. The Hall–Kier alpha value is -3.07. The number of nitriles is 1. The number of aryl methyl sites for hydroxylation is 1. The van der Waals surface area contributed by atoms with E-state index in [1.165, 1.54) is 11.6 Å². The lowest BCUT2D eigenvalue weighted by molar-refractivity contribution is -0.384. The van der Waals surface area contributed by atoms with Crippen molar-refractivity contribution in [1.82, 2.24) is 0 Å². The van der Waals surface area contributed by atoms with Gasteiger partial charge in [0.05, 0.1) is 23.7 Å². The van der Waals surface area contributed by atoms with Crippen molar-refractivity contribution in [2.75, 3.05) is 19.0 Å². The van der Waals surface area contributed by atoms with E-state index in [0.29, 0.717) is 12.2 Å². The molecular weight excluding hydrogens is 294 g/mol. The van der Waals surface area contributed by atoms with Crippen LogP contribution in [-0.2, 0) is 6.42 Å². The zero-order chi connectivity index (χ0) is 16.7. The molecule has 0 aliphatic carbocycles. The van der Waals surface area contributed by atoms with Gasteiger partial charge in [0.2, 0.25) is 0 Å². The Labute approximate surface area is 134 Å². The van der Waals surface area contributed by atoms with Crippen LogP contribution in [0.15, 0.2) is 42.5 Å². The number of anilines is 1. The highest BCUT2D eigenvalue weighted by atomic mass is 16.6. The molecule has 0 amide bonds. The van der Waals surface area contributed by atoms with Crippen molar-refractivity contribution in [3.8, 4) is 11.8 Å². The number of nitro groups is 1. The summed E-state index contributed by atoms with van der Waals surface area (Å²) in [7, 11) is 1.63. The van der Waals surface area contributed by atoms with Crippen molar-refractivity contribution >= 4 is 11.4 Å². The maximum absolute atomic E-state index is 11.0. The molecule has 6 heteroatoms. The first-order valence-corrected chi connectivity index (χ1v) is 7.19. The van der Waals surface area contributed by atoms with Gasteiger partial charge in [0.1, 0.15) is 11.4 Å². The molecule has 0 saturated heterocycles. The maximum Gasteiger partial charge on any atom is 0.293 e. The van der Waals surface area contributed by atoms with Crippen molar-refractivity contribution in [2.45, 2.75) is 12.8 Å². The highest BCUT2D eigenvalue weighted by Gasteiger charge is 2.14. The van der Waals surface area contributed by atoms with E-state index in [1.807, 2.05) is 30.3 Å². The number of benzene rings is 2. The molecule has 2 rings (SSSR count). The van der Waals surface area contributed by atoms with Gasteiger partial charge >= 0.3 is 0 Å². The lowest BCUT2D eigenvalue weighted by Gasteiger charge is -2.08. The van der Waals surface area contributed by atoms with Gasteiger partial charge in [-0.2, -0.15) is 5.26 Å². The Kier molecular flexibility index (Phi) is 5.53. The Morgan fingerprint density at radius 1 is 1.26 bits per heavy atom. The van der Waals surface area contributed by atoms with E-state index >= 15 is 0 Å². The van der Waals surface area contributed by atoms with Crippen molar-refractivity contribution < 1.29 is 9.66 Å². The zero-order valence-corrected chi connectivity index (χ0v) is 12.8. The first-order chi connectivity index (χ1) is 11.1. The van der Waals surface area contributed by atoms with Gasteiger partial charge in [-0.15, -0.1) is 0 Å². The molecule has 0 fully saturated rings. The molecule has 0 bridgehead atoms. The normalized spacial score (nSPS) is 9.91. The van der Waals surface area contributed by atoms with E-state index in [-0.39, 0.29) is 11.3 Å². The largest absolute Gasteiger partial charge is 0.497 e. The number of methoxy groups -OCH3 is 1. The van der Waals surface area contributed by atoms with Crippen LogP contribution in [0.25, 0.3) is 0 Å². The number of hydrogen-bond donors (Lipinski definition) is 1. The minimum absolute atomic E-state index is 0.0755. The molecule has 0 aliphatic heterocycles. The molecule has 118 valence electrons. The Balaban J connectivity index is 1.91. The van der Waals surface area contributed by atoms with Gasteiger partial charge in [-0.3, -0.25) is 10.1 Å². The summed E-state index contributed by atoms with van der Waals surface area (Å²) in [4.78, 5) is 10.6. The molecule has 2 aromatic rings. The molecule has 0 aliphatic rings. The second-order valence-corrected chi connectivity index (χ2v) is 4.98. The minimum atomic E-state index is -0.480. The van der Waals surface area contributed by atoms with Crippen molar-refractivity contribution in [3.63, 3.8) is 0 Å². The smallest absolute Gasteiger partial charge is 0.293 e. The van der Waals surface area contributed by atoms with E-state index in [2.05, 4.69) is 5.32 Å². The molecule has 0 unspecified atom stereocenters. The standard InChI is InChI=1S/C17H17N3O3/c1-23-15-7-4-13(5-8-15)3-2-10-19-16-9-6-14(12-18)11-17(16)20(21)22/h4-9,11,19H,2-3,10H2,1H3. The van der Waals surface area contributed by atoms with Crippen LogP contribution in [0, 0.1) is 21.4 Å². The van der Waals surface area contributed by atoms with E-state index in [1.54, 1.807) is 19.2 Å². The number of nitro benzene ring substituents is 1. The number of rotatable bonds is 7. The Bertz CT molecular complexity index is 721. The van der Waals surface area contributed by atoms with Crippen LogP contribution in [-0.4, -0.2) is 18.6 Å². The lowest BCUT2D eigenvalue weighted by Crippen LogP contribution is -2.05. The SMILES string of the molecule is COc1ccc(CCCNc2ccc(C#N)cc2[N+](=O)[O-])cc1. The first-order valence-electron chi connectivity index (χ1n) is 7.19. The third-order valence-corrected chi connectivity index (χ3v) is 3.44. The van der Waals surface area contributed by atoms with Gasteiger partial charge in [0.15, 0.2) is 0 Å². The molecular formula is C17H17N3O3. The topological polar surface area (TPSA) is 88.2 Å². The molecule has 0 radical (unpaired) electrons. The van der Waals surface area contributed by atoms with Crippen molar-refractivity contribution in [2.24, 2.45) is 0 Å². The van der Waals surface area contributed by atoms with Crippen molar-refractivity contribution in [1.29, 1.82) is 5.26 Å². The number of hydrogen-bond acceptors (Lipinski definition) is 5. The number of ether oxygens (including phenoxy) is 1. The predicted molar refractivity (Wildman–Crippen MR) is 87.6 cm³/mol. The summed E-state index contributed by atoms with van der Waals surface area (Å²) in [5, 5.41) is 22.9. The molecule has 0 spiro atoms. The Morgan fingerprint density at radius 3 is 2.61 bits per heavy atom. The molecule has 23 heavy (non-hydrogen) atoms. The van der Waals surface area contributed by atoms with Crippen LogP contribution in [0.1, 0.15) is 17.5 Å². The average molecular weight is 311 g/mol. The fraction of sp³-hybridized carbons (Fsp3) is 0.235. The quantitative estimate of drug-likeness (QED) is 0.480. The molecule has 1 N–H and O–H groups in total. The molecule has 0 saturated carbocycles. The van der Waals surface area contributed by atoms with Gasteiger partial charge in [0, 0.05) is 12.6 Å². The van der Waals surface area contributed by atoms with E-state index in [0.717, 1.165) is 18.6 Å². The van der Waals surface area contributed by atoms with Crippen molar-refractivity contribution in [3.05, 3.63) is 63.7 Å². The molecule has 0 heterocycles. The molecule has 0 atom stereocenters. The van der Waals surface area contributed by atoms with Gasteiger partial charge in [0.25, 0.3) is 5.69 Å². The van der Waals surface area contributed by atoms with Crippen LogP contribution in [0.2, 0.25) is 0 Å². The van der Waals surface area contributed by atoms with Gasteiger partial charge < -0.3 is 10.1 Å². The highest BCUT2D eigenvalue weighted by Crippen LogP contribution is 2.25. The number of nitrogens with zero attached hydrogens (tertiary/aromatic N) is 2. The molecule has 0 aromatic heterocycles. The Morgan fingerprint density at radius 2 is 2.00 bits per heavy atom. The summed E-state index contributed by atoms with van der Waals surface area (Å²) >= 11 is 0. The van der Waals surface area contributed by atoms with Gasteiger partial charge in [-0.25, -0.2) is 0 Å². The fourth-order valence-corrected chi connectivity index (χ4v) is 2.21. The lowest BCUT2D eigenvalue weighted by atomic mass is 10.1. The minimum Gasteiger partial charge on any atom is -0.497 e. The van der Waals surface area contributed by atoms with E-state index < -0.39 is 4.92 Å². The average Bonchev–Trinajstić information content (AvgIpc) is 2.59. The van der Waals surface area contributed by atoms with E-state index in [4.69, 9.17) is 10.00 Å². The van der Waals surface area contributed by atoms with Crippen LogP contribution >= 0.6 is 0 Å². The highest BCUT2D eigenvalue weighted by molar-refractivity contribution is 5.64. The summed E-state index contributed by atoms with van der Waals surface area (Å²) < 4.78 is 5.11. The van der Waals surface area contributed by atoms with Crippen LogP contribution in [0.3, 0.4) is 0 Å². The second kappa shape index (κ2) is 7.80. The number of nitrogens with one attached hydrogen (secondary N) is 1. The third-order valence-electron chi connectivity index (χ3n) is 3.44. The summed E-state index contributed by atoms with van der Waals surface area (Å²) in [5.74, 6) is 0.820. The summed E-state index contributed by atoms with van der Waals surface area (Å²) in [6.45, 7) is 0.610. The monoisotopic (exact) mass is 311 g/mol. The second-order valence-electron chi connectivity index (χ2n) is 4.98. The predicted octanol–water partition coefficient (Wildman–Crippen LogP) is 3.52. The summed E-state index contributed by atoms with van der Waals surface area (Å²) in [6, 6.07) is 14.2. The third kappa shape index (κ3) is 4.45. The maximum atomic E-state index is 11.0. The first kappa shape index (κ1) is 16.3.